The van der Waals surface area contributed by atoms with E-state index in [4.69, 9.17) is 0 Å². The number of nitrogens with one attached hydrogen (secondary N) is 3. The topological polar surface area (TPSA) is 87.3 Å². The number of rotatable bonds is 3. The van der Waals surface area contributed by atoms with Crippen molar-refractivity contribution in [1.29, 1.82) is 0 Å². The number of ketones is 1. The SMILES string of the molecule is CNC(=O)Nc1ccc(NC(=O)c2ccc3c(c2)C(=O)c2ccccc2-3)cc1. The average Bonchev–Trinajstić information content (AvgIpc) is 3.01. The number of anilines is 2. The van der Waals surface area contributed by atoms with Gasteiger partial charge in [0.05, 0.1) is 0 Å². The molecule has 0 unspecified atom stereocenters. The summed E-state index contributed by atoms with van der Waals surface area (Å²) in [7, 11) is 1.53. The molecule has 0 atom stereocenters. The van der Waals surface area contributed by atoms with Gasteiger partial charge in [-0.15, -0.1) is 0 Å². The van der Waals surface area contributed by atoms with Gasteiger partial charge in [-0.3, -0.25) is 9.59 Å². The zero-order chi connectivity index (χ0) is 19.7. The van der Waals surface area contributed by atoms with Gasteiger partial charge in [0, 0.05) is 35.1 Å². The van der Waals surface area contributed by atoms with Gasteiger partial charge in [-0.05, 0) is 47.5 Å². The number of benzene rings is 3. The Bertz CT molecular complexity index is 1100. The molecule has 0 heterocycles. The summed E-state index contributed by atoms with van der Waals surface area (Å²) in [6.07, 6.45) is 0. The first-order chi connectivity index (χ1) is 13.6. The zero-order valence-corrected chi connectivity index (χ0v) is 15.1. The van der Waals surface area contributed by atoms with Crippen LogP contribution in [0.25, 0.3) is 11.1 Å². The van der Waals surface area contributed by atoms with Gasteiger partial charge in [-0.25, -0.2) is 4.79 Å². The third kappa shape index (κ3) is 3.12. The van der Waals surface area contributed by atoms with Gasteiger partial charge >= 0.3 is 6.03 Å². The first-order valence-corrected chi connectivity index (χ1v) is 8.75. The predicted octanol–water partition coefficient (Wildman–Crippen LogP) is 3.90. The molecule has 6 nitrogen and oxygen atoms in total. The van der Waals surface area contributed by atoms with Gasteiger partial charge in [0.25, 0.3) is 5.91 Å². The monoisotopic (exact) mass is 371 g/mol. The molecule has 3 N–H and O–H groups in total. The van der Waals surface area contributed by atoms with E-state index in [1.807, 2.05) is 24.3 Å². The Kier molecular flexibility index (Phi) is 4.37. The fraction of sp³-hybridized carbons (Fsp3) is 0.0455. The molecule has 0 fully saturated rings. The lowest BCUT2D eigenvalue weighted by Crippen LogP contribution is -2.24. The van der Waals surface area contributed by atoms with Gasteiger partial charge < -0.3 is 16.0 Å². The Morgan fingerprint density at radius 2 is 1.32 bits per heavy atom. The Balaban J connectivity index is 1.52. The average molecular weight is 371 g/mol. The number of carbonyl (C=O) groups is 3. The van der Waals surface area contributed by atoms with E-state index < -0.39 is 0 Å². The number of fused-ring (bicyclic) bond motifs is 3. The highest BCUT2D eigenvalue weighted by molar-refractivity contribution is 6.22. The summed E-state index contributed by atoms with van der Waals surface area (Å²) in [6, 6.07) is 19.0. The van der Waals surface area contributed by atoms with Crippen LogP contribution >= 0.6 is 0 Å². The molecule has 0 radical (unpaired) electrons. The molecule has 0 bridgehead atoms. The third-order valence-corrected chi connectivity index (χ3v) is 4.62. The molecule has 0 saturated carbocycles. The first kappa shape index (κ1) is 17.5. The highest BCUT2D eigenvalue weighted by Gasteiger charge is 2.27. The van der Waals surface area contributed by atoms with Crippen molar-refractivity contribution in [2.45, 2.75) is 0 Å². The van der Waals surface area contributed by atoms with Crippen LogP contribution in [-0.2, 0) is 0 Å². The lowest BCUT2D eigenvalue weighted by atomic mass is 10.0. The van der Waals surface area contributed by atoms with Crippen molar-refractivity contribution in [3.63, 3.8) is 0 Å². The molecule has 0 aromatic heterocycles. The van der Waals surface area contributed by atoms with Crippen LogP contribution in [0.15, 0.2) is 66.7 Å². The second kappa shape index (κ2) is 7.00. The maximum atomic E-state index is 12.6. The van der Waals surface area contributed by atoms with Gasteiger partial charge in [0.1, 0.15) is 0 Å². The molecule has 0 aliphatic heterocycles. The molecule has 1 aliphatic rings. The predicted molar refractivity (Wildman–Crippen MR) is 108 cm³/mol. The van der Waals surface area contributed by atoms with Crippen LogP contribution in [0.2, 0.25) is 0 Å². The maximum absolute atomic E-state index is 12.6. The molecule has 0 saturated heterocycles. The number of urea groups is 1. The van der Waals surface area contributed by atoms with E-state index in [-0.39, 0.29) is 17.7 Å². The molecular formula is C22H17N3O3. The van der Waals surface area contributed by atoms with E-state index in [0.717, 1.165) is 11.1 Å². The van der Waals surface area contributed by atoms with E-state index in [2.05, 4.69) is 16.0 Å². The van der Waals surface area contributed by atoms with Crippen LogP contribution in [0.3, 0.4) is 0 Å². The van der Waals surface area contributed by atoms with E-state index in [1.54, 1.807) is 42.5 Å². The number of carbonyl (C=O) groups excluding carboxylic acids is 3. The van der Waals surface area contributed by atoms with E-state index in [9.17, 15) is 14.4 Å². The minimum Gasteiger partial charge on any atom is -0.341 e. The van der Waals surface area contributed by atoms with Crippen LogP contribution < -0.4 is 16.0 Å². The van der Waals surface area contributed by atoms with Crippen LogP contribution in [0.4, 0.5) is 16.2 Å². The normalized spacial score (nSPS) is 11.4. The van der Waals surface area contributed by atoms with E-state index in [0.29, 0.717) is 28.1 Å². The molecule has 138 valence electrons. The molecule has 0 spiro atoms. The third-order valence-electron chi connectivity index (χ3n) is 4.62. The second-order valence-electron chi connectivity index (χ2n) is 6.37. The minimum atomic E-state index is -0.319. The van der Waals surface area contributed by atoms with Gasteiger partial charge in [-0.2, -0.15) is 0 Å². The fourth-order valence-corrected chi connectivity index (χ4v) is 3.20. The number of hydrogen-bond acceptors (Lipinski definition) is 3. The second-order valence-corrected chi connectivity index (χ2v) is 6.37. The summed E-state index contributed by atoms with van der Waals surface area (Å²) in [5.74, 6) is -0.372. The van der Waals surface area contributed by atoms with Crippen molar-refractivity contribution in [2.24, 2.45) is 0 Å². The van der Waals surface area contributed by atoms with E-state index >= 15 is 0 Å². The Labute approximate surface area is 161 Å². The molecule has 4 rings (SSSR count). The van der Waals surface area contributed by atoms with Crippen LogP contribution in [0, 0.1) is 0 Å². The Morgan fingerprint density at radius 3 is 2.00 bits per heavy atom. The Morgan fingerprint density at radius 1 is 0.714 bits per heavy atom. The molecule has 3 amide bonds. The van der Waals surface area contributed by atoms with Crippen molar-refractivity contribution in [2.75, 3.05) is 17.7 Å². The standard InChI is InChI=1S/C22H17N3O3/c1-23-22(28)25-15-9-7-14(8-10-15)24-21(27)13-6-11-17-16-4-2-3-5-18(16)20(26)19(17)12-13/h2-12H,1H3,(H,24,27)(H2,23,25,28). The quantitative estimate of drug-likeness (QED) is 0.510. The smallest absolute Gasteiger partial charge is 0.318 e. The molecule has 1 aliphatic carbocycles. The summed E-state index contributed by atoms with van der Waals surface area (Å²) in [5.41, 5.74) is 4.55. The first-order valence-electron chi connectivity index (χ1n) is 8.75. The van der Waals surface area contributed by atoms with Crippen LogP contribution in [0.1, 0.15) is 26.3 Å². The zero-order valence-electron chi connectivity index (χ0n) is 15.1. The molecule has 3 aromatic rings. The fourth-order valence-electron chi connectivity index (χ4n) is 3.20. The minimum absolute atomic E-state index is 0.0649. The summed E-state index contributed by atoms with van der Waals surface area (Å²) < 4.78 is 0. The summed E-state index contributed by atoms with van der Waals surface area (Å²) in [6.45, 7) is 0. The lowest BCUT2D eigenvalue weighted by molar-refractivity contribution is 0.102. The summed E-state index contributed by atoms with van der Waals surface area (Å²) >= 11 is 0. The Hall–Kier alpha value is -3.93. The largest absolute Gasteiger partial charge is 0.341 e. The van der Waals surface area contributed by atoms with Gasteiger partial charge in [-0.1, -0.05) is 30.3 Å². The molecule has 28 heavy (non-hydrogen) atoms. The van der Waals surface area contributed by atoms with Crippen molar-refractivity contribution in [1.82, 2.24) is 5.32 Å². The van der Waals surface area contributed by atoms with Crippen molar-refractivity contribution >= 4 is 29.1 Å². The highest BCUT2D eigenvalue weighted by atomic mass is 16.2. The highest BCUT2D eigenvalue weighted by Crippen LogP contribution is 2.36. The molecule has 3 aromatic carbocycles. The lowest BCUT2D eigenvalue weighted by Gasteiger charge is -2.08. The van der Waals surface area contributed by atoms with Crippen molar-refractivity contribution in [3.05, 3.63) is 83.4 Å². The van der Waals surface area contributed by atoms with Crippen LogP contribution in [-0.4, -0.2) is 24.8 Å². The molecular weight excluding hydrogens is 354 g/mol. The van der Waals surface area contributed by atoms with Crippen molar-refractivity contribution < 1.29 is 14.4 Å². The number of amides is 3. The van der Waals surface area contributed by atoms with Gasteiger partial charge in [0.2, 0.25) is 0 Å². The number of hydrogen-bond donors (Lipinski definition) is 3. The van der Waals surface area contributed by atoms with Crippen molar-refractivity contribution in [3.8, 4) is 11.1 Å². The van der Waals surface area contributed by atoms with E-state index in [1.165, 1.54) is 7.05 Å². The maximum Gasteiger partial charge on any atom is 0.318 e. The molecule has 6 heteroatoms. The summed E-state index contributed by atoms with van der Waals surface area (Å²) in [5, 5.41) is 7.91. The summed E-state index contributed by atoms with van der Waals surface area (Å²) in [4.78, 5) is 36.5. The van der Waals surface area contributed by atoms with Gasteiger partial charge in [0.15, 0.2) is 5.78 Å². The van der Waals surface area contributed by atoms with Crippen LogP contribution in [0.5, 0.6) is 0 Å².